The summed E-state index contributed by atoms with van der Waals surface area (Å²) in [4.78, 5) is 33.6. The smallest absolute Gasteiger partial charge is 0.338 e. The lowest BCUT2D eigenvalue weighted by Crippen LogP contribution is -2.40. The van der Waals surface area contributed by atoms with Crippen LogP contribution in [0, 0.1) is 0 Å². The van der Waals surface area contributed by atoms with Gasteiger partial charge in [-0.3, -0.25) is 9.36 Å². The summed E-state index contributed by atoms with van der Waals surface area (Å²) in [6, 6.07) is 15.4. The molecule has 0 aliphatic carbocycles. The zero-order chi connectivity index (χ0) is 29.1. The van der Waals surface area contributed by atoms with Crippen LogP contribution in [0.1, 0.15) is 44.1 Å². The van der Waals surface area contributed by atoms with Crippen LogP contribution in [0.15, 0.2) is 90.1 Å². The van der Waals surface area contributed by atoms with Gasteiger partial charge in [0.15, 0.2) is 9.89 Å². The third-order valence-corrected chi connectivity index (χ3v) is 8.68. The van der Waals surface area contributed by atoms with Gasteiger partial charge >= 0.3 is 5.97 Å². The summed E-state index contributed by atoms with van der Waals surface area (Å²) in [6.07, 6.45) is 2.97. The fourth-order valence-corrected chi connectivity index (χ4v) is 6.63. The van der Waals surface area contributed by atoms with Crippen LogP contribution in [-0.2, 0) is 9.53 Å². The number of hydrogen-bond acceptors (Lipinski definition) is 8. The van der Waals surface area contributed by atoms with Crippen molar-refractivity contribution in [3.8, 4) is 5.75 Å². The fourth-order valence-electron chi connectivity index (χ4n) is 4.55. The largest absolute Gasteiger partial charge is 0.496 e. The number of methoxy groups -OCH3 is 1. The number of aromatic nitrogens is 1. The molecule has 0 unspecified atom stereocenters. The molecular weight excluding hydrogens is 603 g/mol. The first kappa shape index (κ1) is 29.3. The number of benzene rings is 2. The van der Waals surface area contributed by atoms with E-state index in [1.165, 1.54) is 34.8 Å². The molecule has 0 N–H and O–H groups in total. The van der Waals surface area contributed by atoms with Gasteiger partial charge in [-0.15, -0.1) is 0 Å². The summed E-state index contributed by atoms with van der Waals surface area (Å²) in [7, 11) is 1.54. The van der Waals surface area contributed by atoms with E-state index < -0.39 is 12.0 Å². The van der Waals surface area contributed by atoms with Crippen LogP contribution in [-0.4, -0.2) is 24.3 Å². The predicted molar refractivity (Wildman–Crippen MR) is 162 cm³/mol. The molecule has 0 saturated carbocycles. The highest BCUT2D eigenvalue weighted by Crippen LogP contribution is 2.38. The van der Waals surface area contributed by atoms with Gasteiger partial charge in [-0.2, -0.15) is 0 Å². The second kappa shape index (κ2) is 12.7. The number of halogens is 2. The van der Waals surface area contributed by atoms with Crippen LogP contribution in [0.2, 0.25) is 10.0 Å². The Balaban J connectivity index is 1.65. The van der Waals surface area contributed by atoms with E-state index in [-0.39, 0.29) is 12.2 Å². The lowest BCUT2D eigenvalue weighted by molar-refractivity contribution is -0.139. The first-order valence-electron chi connectivity index (χ1n) is 12.9. The van der Waals surface area contributed by atoms with E-state index in [1.54, 1.807) is 37.3 Å². The molecule has 1 aliphatic rings. The lowest BCUT2D eigenvalue weighted by atomic mass is 9.93. The van der Waals surface area contributed by atoms with Crippen molar-refractivity contribution in [2.45, 2.75) is 42.7 Å². The standard InChI is InChI=1S/C30H26Cl2N2O5S2/c1-4-6-22-26(29(36)38-5-2)27(21-15-18(32)9-13-23(21)37-3)34-28(35)24(41-30(34)33-22)16-19-10-14-25(39-19)40-20-11-7-17(31)8-12-20/h7-16,27H,4-6H2,1-3H3/b24-16+/t27-/m0/s1. The minimum absolute atomic E-state index is 0.181. The molecule has 1 atom stereocenters. The van der Waals surface area contributed by atoms with Gasteiger partial charge in [0.2, 0.25) is 0 Å². The maximum atomic E-state index is 14.0. The Morgan fingerprint density at radius 2 is 1.88 bits per heavy atom. The first-order chi connectivity index (χ1) is 19.8. The van der Waals surface area contributed by atoms with E-state index in [1.807, 2.05) is 37.3 Å². The van der Waals surface area contributed by atoms with Crippen molar-refractivity contribution in [1.82, 2.24) is 4.57 Å². The van der Waals surface area contributed by atoms with Gasteiger partial charge in [-0.25, -0.2) is 9.79 Å². The number of rotatable bonds is 9. The molecule has 0 bridgehead atoms. The molecule has 4 aromatic rings. The van der Waals surface area contributed by atoms with E-state index in [0.29, 0.717) is 59.2 Å². The summed E-state index contributed by atoms with van der Waals surface area (Å²) < 4.78 is 19.0. The summed E-state index contributed by atoms with van der Waals surface area (Å²) >= 11 is 15.1. The van der Waals surface area contributed by atoms with Crippen molar-refractivity contribution < 1.29 is 18.7 Å². The second-order valence-electron chi connectivity index (χ2n) is 9.01. The zero-order valence-electron chi connectivity index (χ0n) is 22.5. The molecule has 2 aromatic carbocycles. The number of allylic oxidation sites excluding steroid dienone is 1. The van der Waals surface area contributed by atoms with Crippen molar-refractivity contribution in [3.63, 3.8) is 0 Å². The minimum atomic E-state index is -0.838. The van der Waals surface area contributed by atoms with Gasteiger partial charge in [0.25, 0.3) is 5.56 Å². The number of esters is 1. The summed E-state index contributed by atoms with van der Waals surface area (Å²) in [5, 5.41) is 1.77. The Morgan fingerprint density at radius 3 is 2.59 bits per heavy atom. The van der Waals surface area contributed by atoms with Crippen LogP contribution in [0.3, 0.4) is 0 Å². The quantitative estimate of drug-likeness (QED) is 0.193. The normalized spacial score (nSPS) is 15.0. The topological polar surface area (TPSA) is 83.0 Å². The molecule has 11 heteroatoms. The third kappa shape index (κ3) is 6.18. The monoisotopic (exact) mass is 628 g/mol. The SMILES string of the molecule is CCCC1=C(C(=O)OCC)[C@H](c2cc(Cl)ccc2OC)n2c(s/c(=C/c3ccc(Sc4ccc(Cl)cc4)o3)c2=O)=N1. The van der Waals surface area contributed by atoms with Gasteiger partial charge in [0, 0.05) is 26.6 Å². The molecule has 2 aromatic heterocycles. The average Bonchev–Trinajstić information content (AvgIpc) is 3.52. The molecule has 0 spiro atoms. The van der Waals surface area contributed by atoms with Gasteiger partial charge in [-0.1, -0.05) is 59.6 Å². The Labute approximate surface area is 254 Å². The third-order valence-electron chi connectivity index (χ3n) is 6.29. The van der Waals surface area contributed by atoms with E-state index in [2.05, 4.69) is 0 Å². The van der Waals surface area contributed by atoms with Crippen molar-refractivity contribution in [1.29, 1.82) is 0 Å². The number of fused-ring (bicyclic) bond motifs is 1. The highest BCUT2D eigenvalue weighted by Gasteiger charge is 2.36. The Hall–Kier alpha value is -3.24. The molecule has 0 fully saturated rings. The number of carbonyl (C=O) groups excluding carboxylic acids is 1. The molecule has 41 heavy (non-hydrogen) atoms. The van der Waals surface area contributed by atoms with Crippen molar-refractivity contribution in [2.75, 3.05) is 13.7 Å². The van der Waals surface area contributed by atoms with E-state index >= 15 is 0 Å². The molecule has 0 amide bonds. The van der Waals surface area contributed by atoms with Crippen LogP contribution >= 0.6 is 46.3 Å². The average molecular weight is 630 g/mol. The molecular formula is C30H26Cl2N2O5S2. The highest BCUT2D eigenvalue weighted by atomic mass is 35.5. The second-order valence-corrected chi connectivity index (χ2v) is 12.0. The predicted octanol–water partition coefficient (Wildman–Crippen LogP) is 6.64. The fraction of sp³-hybridized carbons (Fsp3) is 0.233. The highest BCUT2D eigenvalue weighted by molar-refractivity contribution is 7.99. The van der Waals surface area contributed by atoms with Crippen molar-refractivity contribution in [3.05, 3.63) is 107 Å². The molecule has 7 nitrogen and oxygen atoms in total. The van der Waals surface area contributed by atoms with Gasteiger partial charge in [-0.05, 0) is 67.9 Å². The molecule has 1 aliphatic heterocycles. The molecule has 0 saturated heterocycles. The van der Waals surface area contributed by atoms with Gasteiger partial charge in [0.1, 0.15) is 17.6 Å². The van der Waals surface area contributed by atoms with E-state index in [0.717, 1.165) is 11.3 Å². The molecule has 0 radical (unpaired) electrons. The maximum Gasteiger partial charge on any atom is 0.338 e. The van der Waals surface area contributed by atoms with Crippen molar-refractivity contribution in [2.24, 2.45) is 4.99 Å². The van der Waals surface area contributed by atoms with Gasteiger partial charge < -0.3 is 13.9 Å². The lowest BCUT2D eigenvalue weighted by Gasteiger charge is -2.27. The minimum Gasteiger partial charge on any atom is -0.496 e. The molecule has 3 heterocycles. The Bertz CT molecular complexity index is 1810. The zero-order valence-corrected chi connectivity index (χ0v) is 25.6. The van der Waals surface area contributed by atoms with E-state index in [4.69, 9.17) is 42.1 Å². The number of nitrogens with zero attached hydrogens (tertiary/aromatic N) is 2. The van der Waals surface area contributed by atoms with E-state index in [9.17, 15) is 9.59 Å². The van der Waals surface area contributed by atoms with Crippen LogP contribution in [0.25, 0.3) is 6.08 Å². The van der Waals surface area contributed by atoms with Crippen molar-refractivity contribution >= 4 is 58.3 Å². The summed E-state index contributed by atoms with van der Waals surface area (Å²) in [6.45, 7) is 3.93. The number of thiazole rings is 1. The maximum absolute atomic E-state index is 14.0. The number of carbonyl (C=O) groups is 1. The molecule has 5 rings (SSSR count). The van der Waals surface area contributed by atoms with Crippen LogP contribution < -0.4 is 19.6 Å². The molecule has 212 valence electrons. The first-order valence-corrected chi connectivity index (χ1v) is 15.3. The summed E-state index contributed by atoms with van der Waals surface area (Å²) in [5.74, 6) is 0.473. The van der Waals surface area contributed by atoms with Crippen LogP contribution in [0.4, 0.5) is 0 Å². The number of ether oxygens (including phenoxy) is 2. The summed E-state index contributed by atoms with van der Waals surface area (Å²) in [5.41, 5.74) is 1.12. The Kier molecular flexibility index (Phi) is 9.09. The Morgan fingerprint density at radius 1 is 1.12 bits per heavy atom. The number of furan rings is 1. The van der Waals surface area contributed by atoms with Gasteiger partial charge in [0.05, 0.1) is 29.5 Å². The van der Waals surface area contributed by atoms with Crippen LogP contribution in [0.5, 0.6) is 5.75 Å². The number of hydrogen-bond donors (Lipinski definition) is 0.